The number of nitrogens with one attached hydrogen (secondary N) is 1. The van der Waals surface area contributed by atoms with Gasteiger partial charge in [0.1, 0.15) is 5.15 Å². The lowest BCUT2D eigenvalue weighted by molar-refractivity contribution is -0.118. The zero-order valence-electron chi connectivity index (χ0n) is 11.5. The Balaban J connectivity index is 1.88. The third-order valence-electron chi connectivity index (χ3n) is 3.89. The molecule has 3 nitrogen and oxygen atoms in total. The van der Waals surface area contributed by atoms with E-state index in [9.17, 15) is 4.79 Å². The molecule has 1 heterocycles. The van der Waals surface area contributed by atoms with Crippen LogP contribution in [0.5, 0.6) is 0 Å². The third-order valence-corrected chi connectivity index (χ3v) is 4.36. The van der Waals surface area contributed by atoms with Crippen LogP contribution < -0.4 is 5.32 Å². The summed E-state index contributed by atoms with van der Waals surface area (Å²) >= 11 is 11.9. The smallest absolute Gasteiger partial charge is 0.235 e. The highest BCUT2D eigenvalue weighted by Crippen LogP contribution is 2.49. The second-order valence-corrected chi connectivity index (χ2v) is 6.08. The molecule has 0 spiro atoms. The number of amides is 1. The summed E-state index contributed by atoms with van der Waals surface area (Å²) in [6.45, 7) is 1.84. The number of nitrogens with zero attached hydrogens (tertiary/aromatic N) is 1. The summed E-state index contributed by atoms with van der Waals surface area (Å²) in [4.78, 5) is 16.6. The van der Waals surface area contributed by atoms with Crippen molar-refractivity contribution in [3.8, 4) is 0 Å². The first-order valence-corrected chi connectivity index (χ1v) is 7.48. The van der Waals surface area contributed by atoms with E-state index >= 15 is 0 Å². The molecule has 1 N–H and O–H groups in total. The largest absolute Gasteiger partial charge is 0.322 e. The van der Waals surface area contributed by atoms with Crippen molar-refractivity contribution >= 4 is 34.8 Å². The molecule has 0 aliphatic heterocycles. The van der Waals surface area contributed by atoms with Gasteiger partial charge in [0.15, 0.2) is 5.15 Å². The van der Waals surface area contributed by atoms with Crippen LogP contribution >= 0.6 is 23.2 Å². The Bertz CT molecular complexity index is 674. The average molecular weight is 321 g/mol. The number of halogens is 2. The summed E-state index contributed by atoms with van der Waals surface area (Å²) < 4.78 is 0. The van der Waals surface area contributed by atoms with Crippen molar-refractivity contribution in [3.63, 3.8) is 0 Å². The molecule has 5 heteroatoms. The highest BCUT2D eigenvalue weighted by molar-refractivity contribution is 6.35. The molecular formula is C16H14Cl2N2O. The molecule has 0 radical (unpaired) electrons. The van der Waals surface area contributed by atoms with Gasteiger partial charge in [-0.05, 0) is 37.0 Å². The molecule has 0 atom stereocenters. The van der Waals surface area contributed by atoms with Crippen molar-refractivity contribution in [1.29, 1.82) is 0 Å². The zero-order valence-corrected chi connectivity index (χ0v) is 13.0. The Morgan fingerprint density at radius 2 is 1.90 bits per heavy atom. The molecule has 1 aromatic carbocycles. The second-order valence-electron chi connectivity index (χ2n) is 5.33. The maximum atomic E-state index is 12.7. The van der Waals surface area contributed by atoms with Crippen LogP contribution in [0, 0.1) is 6.92 Å². The zero-order chi connectivity index (χ0) is 15.0. The number of hydrogen-bond acceptors (Lipinski definition) is 2. The quantitative estimate of drug-likeness (QED) is 0.853. The lowest BCUT2D eigenvalue weighted by Gasteiger charge is -2.17. The molecule has 1 fully saturated rings. The van der Waals surface area contributed by atoms with Crippen molar-refractivity contribution in [2.75, 3.05) is 5.32 Å². The van der Waals surface area contributed by atoms with E-state index in [-0.39, 0.29) is 11.1 Å². The Morgan fingerprint density at radius 1 is 1.24 bits per heavy atom. The molecule has 0 saturated heterocycles. The van der Waals surface area contributed by atoms with Gasteiger partial charge in [0.05, 0.1) is 11.1 Å². The minimum atomic E-state index is -0.434. The van der Waals surface area contributed by atoms with Crippen LogP contribution in [-0.2, 0) is 10.2 Å². The van der Waals surface area contributed by atoms with Gasteiger partial charge in [0.25, 0.3) is 0 Å². The summed E-state index contributed by atoms with van der Waals surface area (Å²) in [5.74, 6) is -0.0391. The Hall–Kier alpha value is -1.58. The van der Waals surface area contributed by atoms with Crippen LogP contribution in [0.1, 0.15) is 24.0 Å². The SMILES string of the molecule is Cc1cc(Cl)nc(Cl)c1NC(=O)C1(c2ccccc2)CC1. The van der Waals surface area contributed by atoms with Gasteiger partial charge in [-0.25, -0.2) is 4.98 Å². The van der Waals surface area contributed by atoms with E-state index in [1.165, 1.54) is 0 Å². The fourth-order valence-electron chi connectivity index (χ4n) is 2.51. The van der Waals surface area contributed by atoms with Crippen LogP contribution in [0.2, 0.25) is 10.3 Å². The molecule has 1 amide bonds. The monoisotopic (exact) mass is 320 g/mol. The number of aryl methyl sites for hydroxylation is 1. The number of anilines is 1. The molecule has 2 aromatic rings. The van der Waals surface area contributed by atoms with Crippen molar-refractivity contribution in [2.45, 2.75) is 25.2 Å². The van der Waals surface area contributed by atoms with E-state index < -0.39 is 5.41 Å². The van der Waals surface area contributed by atoms with E-state index in [1.807, 2.05) is 37.3 Å². The van der Waals surface area contributed by atoms with Gasteiger partial charge in [-0.15, -0.1) is 0 Å². The molecule has 3 rings (SSSR count). The second kappa shape index (κ2) is 5.32. The van der Waals surface area contributed by atoms with Crippen LogP contribution in [0.4, 0.5) is 5.69 Å². The van der Waals surface area contributed by atoms with Crippen molar-refractivity contribution < 1.29 is 4.79 Å². The van der Waals surface area contributed by atoms with E-state index in [0.29, 0.717) is 10.8 Å². The average Bonchev–Trinajstić information content (AvgIpc) is 3.25. The Kier molecular flexibility index (Phi) is 3.64. The van der Waals surface area contributed by atoms with Gasteiger partial charge in [-0.3, -0.25) is 4.79 Å². The van der Waals surface area contributed by atoms with E-state index in [1.54, 1.807) is 6.07 Å². The lowest BCUT2D eigenvalue weighted by atomic mass is 9.95. The van der Waals surface area contributed by atoms with Crippen LogP contribution in [-0.4, -0.2) is 10.9 Å². The summed E-state index contributed by atoms with van der Waals surface area (Å²) in [6.07, 6.45) is 1.70. The number of hydrogen-bond donors (Lipinski definition) is 1. The molecule has 0 bridgehead atoms. The fourth-order valence-corrected chi connectivity index (χ4v) is 3.09. The maximum absolute atomic E-state index is 12.7. The minimum absolute atomic E-state index is 0.0391. The van der Waals surface area contributed by atoms with E-state index in [0.717, 1.165) is 24.0 Å². The van der Waals surface area contributed by atoms with Gasteiger partial charge < -0.3 is 5.32 Å². The molecule has 1 saturated carbocycles. The van der Waals surface area contributed by atoms with Gasteiger partial charge >= 0.3 is 0 Å². The predicted molar refractivity (Wildman–Crippen MR) is 85.0 cm³/mol. The van der Waals surface area contributed by atoms with E-state index in [4.69, 9.17) is 23.2 Å². The molecule has 0 unspecified atom stereocenters. The molecular weight excluding hydrogens is 307 g/mol. The lowest BCUT2D eigenvalue weighted by Crippen LogP contribution is -2.28. The van der Waals surface area contributed by atoms with Crippen LogP contribution in [0.25, 0.3) is 0 Å². The van der Waals surface area contributed by atoms with Crippen LogP contribution in [0.3, 0.4) is 0 Å². The number of pyridine rings is 1. The molecule has 1 aliphatic carbocycles. The normalized spacial score (nSPS) is 15.6. The maximum Gasteiger partial charge on any atom is 0.235 e. The van der Waals surface area contributed by atoms with Gasteiger partial charge in [0, 0.05) is 0 Å². The van der Waals surface area contributed by atoms with Gasteiger partial charge in [0.2, 0.25) is 5.91 Å². The summed E-state index contributed by atoms with van der Waals surface area (Å²) in [5.41, 5.74) is 1.94. The number of benzene rings is 1. The number of carbonyl (C=O) groups excluding carboxylic acids is 1. The molecule has 108 valence electrons. The highest BCUT2D eigenvalue weighted by atomic mass is 35.5. The first kappa shape index (κ1) is 14.4. The minimum Gasteiger partial charge on any atom is -0.322 e. The highest BCUT2D eigenvalue weighted by Gasteiger charge is 2.51. The van der Waals surface area contributed by atoms with Crippen molar-refractivity contribution in [3.05, 3.63) is 57.8 Å². The van der Waals surface area contributed by atoms with Crippen LogP contribution in [0.15, 0.2) is 36.4 Å². The standard InChI is InChI=1S/C16H14Cl2N2O/c1-10-9-12(17)19-14(18)13(10)20-15(21)16(7-8-16)11-5-3-2-4-6-11/h2-6,9H,7-8H2,1H3,(H,20,21). The van der Waals surface area contributed by atoms with Crippen molar-refractivity contribution in [1.82, 2.24) is 4.98 Å². The molecule has 21 heavy (non-hydrogen) atoms. The summed E-state index contributed by atoms with van der Waals surface area (Å²) in [7, 11) is 0. The number of aromatic nitrogens is 1. The fraction of sp³-hybridized carbons (Fsp3) is 0.250. The third kappa shape index (κ3) is 2.63. The Labute approximate surface area is 133 Å². The van der Waals surface area contributed by atoms with Gasteiger partial charge in [-0.2, -0.15) is 0 Å². The topological polar surface area (TPSA) is 42.0 Å². The first-order valence-electron chi connectivity index (χ1n) is 6.72. The summed E-state index contributed by atoms with van der Waals surface area (Å²) in [5, 5.41) is 3.45. The number of carbonyl (C=O) groups is 1. The Morgan fingerprint density at radius 3 is 2.48 bits per heavy atom. The first-order chi connectivity index (χ1) is 10.0. The molecule has 1 aliphatic rings. The molecule has 1 aromatic heterocycles. The van der Waals surface area contributed by atoms with Crippen molar-refractivity contribution in [2.24, 2.45) is 0 Å². The summed E-state index contributed by atoms with van der Waals surface area (Å²) in [6, 6.07) is 11.5. The number of rotatable bonds is 3. The predicted octanol–water partition coefficient (Wildman–Crippen LogP) is 4.37. The van der Waals surface area contributed by atoms with Gasteiger partial charge in [-0.1, -0.05) is 53.5 Å². The van der Waals surface area contributed by atoms with E-state index in [2.05, 4.69) is 10.3 Å².